The first-order valence-corrected chi connectivity index (χ1v) is 7.61. The van der Waals surface area contributed by atoms with Crippen LogP contribution in [0.4, 0.5) is 5.13 Å². The number of aromatic nitrogens is 3. The summed E-state index contributed by atoms with van der Waals surface area (Å²) in [6.45, 7) is 6.33. The van der Waals surface area contributed by atoms with Crippen LogP contribution in [0.1, 0.15) is 36.8 Å². The number of amides is 1. The molecule has 0 saturated heterocycles. The van der Waals surface area contributed by atoms with Crippen molar-refractivity contribution in [3.8, 4) is 0 Å². The van der Waals surface area contributed by atoms with Crippen LogP contribution >= 0.6 is 11.3 Å². The Morgan fingerprint density at radius 2 is 2.14 bits per heavy atom. The minimum Gasteiger partial charge on any atom is -0.478 e. The third kappa shape index (κ3) is 4.66. The molecule has 0 spiro atoms. The van der Waals surface area contributed by atoms with Gasteiger partial charge in [-0.15, -0.1) is 11.3 Å². The normalized spacial score (nSPS) is 11.4. The summed E-state index contributed by atoms with van der Waals surface area (Å²) >= 11 is 1.37. The van der Waals surface area contributed by atoms with E-state index in [1.807, 2.05) is 5.38 Å². The maximum Gasteiger partial charge on any atom is 0.338 e. The van der Waals surface area contributed by atoms with Crippen molar-refractivity contribution in [3.05, 3.63) is 29.0 Å². The highest BCUT2D eigenvalue weighted by atomic mass is 32.1. The first kappa shape index (κ1) is 16.2. The molecular formula is C14H18N4O3S. The number of nitrogens with one attached hydrogen (secondary N) is 1. The van der Waals surface area contributed by atoms with Gasteiger partial charge in [-0.3, -0.25) is 9.48 Å². The summed E-state index contributed by atoms with van der Waals surface area (Å²) in [5.41, 5.74) is 1.13. The zero-order chi connectivity index (χ0) is 16.3. The summed E-state index contributed by atoms with van der Waals surface area (Å²) in [7, 11) is 0. The second kappa shape index (κ2) is 6.27. The second-order valence-corrected chi connectivity index (χ2v) is 7.02. The van der Waals surface area contributed by atoms with Crippen LogP contribution in [-0.4, -0.2) is 31.7 Å². The first-order valence-electron chi connectivity index (χ1n) is 6.73. The predicted molar refractivity (Wildman–Crippen MR) is 83.1 cm³/mol. The summed E-state index contributed by atoms with van der Waals surface area (Å²) in [4.78, 5) is 27.0. The van der Waals surface area contributed by atoms with Gasteiger partial charge in [-0.2, -0.15) is 5.10 Å². The molecule has 2 heterocycles. The van der Waals surface area contributed by atoms with Crippen LogP contribution in [0, 0.1) is 5.41 Å². The molecule has 0 aromatic carbocycles. The van der Waals surface area contributed by atoms with Gasteiger partial charge in [0.05, 0.1) is 17.5 Å². The molecule has 0 unspecified atom stereocenters. The highest BCUT2D eigenvalue weighted by Crippen LogP contribution is 2.23. The number of rotatable bonds is 5. The molecule has 2 aromatic heterocycles. The van der Waals surface area contributed by atoms with Crippen LogP contribution in [0.25, 0.3) is 0 Å². The molecule has 2 aromatic rings. The van der Waals surface area contributed by atoms with Crippen molar-refractivity contribution < 1.29 is 14.7 Å². The number of carbonyl (C=O) groups is 2. The molecule has 0 saturated carbocycles. The van der Waals surface area contributed by atoms with Gasteiger partial charge in [0.25, 0.3) is 0 Å². The van der Waals surface area contributed by atoms with Gasteiger partial charge in [-0.25, -0.2) is 9.78 Å². The van der Waals surface area contributed by atoms with Gasteiger partial charge in [0.2, 0.25) is 5.91 Å². The number of hydrogen-bond acceptors (Lipinski definition) is 5. The van der Waals surface area contributed by atoms with Crippen molar-refractivity contribution in [3.63, 3.8) is 0 Å². The van der Waals surface area contributed by atoms with Crippen molar-refractivity contribution in [2.24, 2.45) is 5.41 Å². The lowest BCUT2D eigenvalue weighted by atomic mass is 9.91. The summed E-state index contributed by atoms with van der Waals surface area (Å²) < 4.78 is 1.28. The topological polar surface area (TPSA) is 97.1 Å². The third-order valence-electron chi connectivity index (χ3n) is 2.70. The summed E-state index contributed by atoms with van der Waals surface area (Å²) in [6, 6.07) is 0. The van der Waals surface area contributed by atoms with Crippen molar-refractivity contribution in [2.75, 3.05) is 5.32 Å². The second-order valence-electron chi connectivity index (χ2n) is 6.16. The Morgan fingerprint density at radius 3 is 2.73 bits per heavy atom. The molecule has 7 nitrogen and oxygen atoms in total. The Hall–Kier alpha value is -2.22. The summed E-state index contributed by atoms with van der Waals surface area (Å²) in [5, 5.41) is 17.8. The zero-order valence-corrected chi connectivity index (χ0v) is 13.5. The fourth-order valence-electron chi connectivity index (χ4n) is 1.86. The Bertz CT molecular complexity index is 684. The van der Waals surface area contributed by atoms with E-state index in [-0.39, 0.29) is 23.4 Å². The minimum atomic E-state index is -1.07. The number of carboxylic acid groups (broad SMARTS) is 1. The summed E-state index contributed by atoms with van der Waals surface area (Å²) in [6.07, 6.45) is 3.36. The van der Waals surface area contributed by atoms with Gasteiger partial charge in [0, 0.05) is 11.6 Å². The SMILES string of the molecule is CC(C)(C)Cc1csc(NC(=O)Cn2cc(C(=O)O)cn2)n1. The van der Waals surface area contributed by atoms with Crippen LogP contribution in [0.5, 0.6) is 0 Å². The molecule has 0 aliphatic heterocycles. The van der Waals surface area contributed by atoms with Crippen molar-refractivity contribution in [1.29, 1.82) is 0 Å². The molecule has 118 valence electrons. The van der Waals surface area contributed by atoms with E-state index in [2.05, 4.69) is 36.2 Å². The molecule has 0 aliphatic carbocycles. The standard InChI is InChI=1S/C14H18N4O3S/c1-14(2,3)4-10-8-22-13(16-10)17-11(19)7-18-6-9(5-15-18)12(20)21/h5-6,8H,4,7H2,1-3H3,(H,20,21)(H,16,17,19). The molecular weight excluding hydrogens is 304 g/mol. The molecule has 0 radical (unpaired) electrons. The lowest BCUT2D eigenvalue weighted by Crippen LogP contribution is -2.19. The zero-order valence-electron chi connectivity index (χ0n) is 12.7. The maximum atomic E-state index is 11.9. The largest absolute Gasteiger partial charge is 0.478 e. The van der Waals surface area contributed by atoms with E-state index in [0.29, 0.717) is 5.13 Å². The Morgan fingerprint density at radius 1 is 1.41 bits per heavy atom. The quantitative estimate of drug-likeness (QED) is 0.880. The van der Waals surface area contributed by atoms with E-state index in [9.17, 15) is 9.59 Å². The summed E-state index contributed by atoms with van der Waals surface area (Å²) in [5.74, 6) is -1.37. The monoisotopic (exact) mass is 322 g/mol. The average Bonchev–Trinajstić information content (AvgIpc) is 2.97. The molecule has 0 bridgehead atoms. The lowest BCUT2D eigenvalue weighted by Gasteiger charge is -2.15. The van der Waals surface area contributed by atoms with Gasteiger partial charge in [0.15, 0.2) is 5.13 Å². The smallest absolute Gasteiger partial charge is 0.338 e. The fraction of sp³-hybridized carbons (Fsp3) is 0.429. The number of nitrogens with zero attached hydrogens (tertiary/aromatic N) is 3. The van der Waals surface area contributed by atoms with Gasteiger partial charge in [-0.1, -0.05) is 20.8 Å². The van der Waals surface area contributed by atoms with Crippen LogP contribution in [0.2, 0.25) is 0 Å². The number of thiazole rings is 1. The average molecular weight is 322 g/mol. The number of carboxylic acids is 1. The molecule has 0 fully saturated rings. The van der Waals surface area contributed by atoms with E-state index in [4.69, 9.17) is 5.11 Å². The van der Waals surface area contributed by atoms with E-state index < -0.39 is 5.97 Å². The predicted octanol–water partition coefficient (Wildman–Crippen LogP) is 2.27. The Labute approximate surface area is 132 Å². The van der Waals surface area contributed by atoms with Gasteiger partial charge >= 0.3 is 5.97 Å². The molecule has 2 N–H and O–H groups in total. The van der Waals surface area contributed by atoms with Crippen LogP contribution < -0.4 is 5.32 Å². The highest BCUT2D eigenvalue weighted by Gasteiger charge is 2.15. The minimum absolute atomic E-state index is 0.0505. The van der Waals surface area contributed by atoms with E-state index in [1.54, 1.807) is 0 Å². The highest BCUT2D eigenvalue weighted by molar-refractivity contribution is 7.13. The van der Waals surface area contributed by atoms with Gasteiger partial charge < -0.3 is 10.4 Å². The fourth-order valence-corrected chi connectivity index (χ4v) is 2.58. The number of hydrogen-bond donors (Lipinski definition) is 2. The van der Waals surface area contributed by atoms with Crippen LogP contribution in [-0.2, 0) is 17.8 Å². The molecule has 8 heteroatoms. The van der Waals surface area contributed by atoms with Crippen molar-refractivity contribution in [1.82, 2.24) is 14.8 Å². The molecule has 0 atom stereocenters. The van der Waals surface area contributed by atoms with Crippen molar-refractivity contribution >= 4 is 28.3 Å². The number of anilines is 1. The molecule has 2 rings (SSSR count). The first-order chi connectivity index (χ1) is 10.2. The van der Waals surface area contributed by atoms with E-state index >= 15 is 0 Å². The van der Waals surface area contributed by atoms with E-state index in [1.165, 1.54) is 28.4 Å². The number of carbonyl (C=O) groups excluding carboxylic acids is 1. The lowest BCUT2D eigenvalue weighted by molar-refractivity contribution is -0.116. The third-order valence-corrected chi connectivity index (χ3v) is 3.50. The van der Waals surface area contributed by atoms with Gasteiger partial charge in [0.1, 0.15) is 6.54 Å². The van der Waals surface area contributed by atoms with Crippen LogP contribution in [0.15, 0.2) is 17.8 Å². The Kier molecular flexibility index (Phi) is 4.60. The van der Waals surface area contributed by atoms with E-state index in [0.717, 1.165) is 12.1 Å². The van der Waals surface area contributed by atoms with Crippen LogP contribution in [0.3, 0.4) is 0 Å². The number of aromatic carboxylic acids is 1. The van der Waals surface area contributed by atoms with Gasteiger partial charge in [-0.05, 0) is 11.8 Å². The maximum absolute atomic E-state index is 11.9. The molecule has 22 heavy (non-hydrogen) atoms. The molecule has 0 aliphatic rings. The van der Waals surface area contributed by atoms with Crippen molar-refractivity contribution in [2.45, 2.75) is 33.7 Å². The molecule has 1 amide bonds. The Balaban J connectivity index is 1.93.